The van der Waals surface area contributed by atoms with Crippen LogP contribution in [0, 0.1) is 11.3 Å². The molecule has 1 aliphatic heterocycles. The second-order valence-corrected chi connectivity index (χ2v) is 9.37. The first kappa shape index (κ1) is 24.8. The van der Waals surface area contributed by atoms with Gasteiger partial charge in [-0.15, -0.1) is 11.3 Å². The number of aliphatic hydroxyl groups is 1. The van der Waals surface area contributed by atoms with Crippen LogP contribution < -0.4 is 4.90 Å². The fourth-order valence-corrected chi connectivity index (χ4v) is 4.95. The number of hydrogen-bond donors (Lipinski definition) is 1. The average molecular weight is 501 g/mol. The lowest BCUT2D eigenvalue weighted by Gasteiger charge is -2.25. The van der Waals surface area contributed by atoms with E-state index in [9.17, 15) is 23.1 Å². The summed E-state index contributed by atoms with van der Waals surface area (Å²) in [4.78, 5) is 22.8. The highest BCUT2D eigenvalue weighted by Gasteiger charge is 2.38. The number of Topliss-reactive ketones (excluding diaryl/α,β-unsaturated/α-hetero) is 1. The van der Waals surface area contributed by atoms with Gasteiger partial charge in [-0.25, -0.2) is 9.97 Å². The molecule has 35 heavy (non-hydrogen) atoms. The van der Waals surface area contributed by atoms with Gasteiger partial charge in [-0.3, -0.25) is 4.79 Å². The van der Waals surface area contributed by atoms with Crippen molar-refractivity contribution in [2.24, 2.45) is 0 Å². The van der Waals surface area contributed by atoms with Crippen molar-refractivity contribution < 1.29 is 23.1 Å². The molecule has 1 aromatic carbocycles. The molecule has 4 rings (SSSR count). The molecule has 182 valence electrons. The second kappa shape index (κ2) is 10.5. The van der Waals surface area contributed by atoms with Gasteiger partial charge in [0.05, 0.1) is 30.0 Å². The number of halogens is 3. The lowest BCUT2D eigenvalue weighted by atomic mass is 10.0. The molecule has 1 N–H and O–H groups in total. The van der Waals surface area contributed by atoms with Crippen LogP contribution in [0.2, 0.25) is 0 Å². The first-order chi connectivity index (χ1) is 16.8. The second-order valence-electron chi connectivity index (χ2n) is 8.37. The molecule has 2 aromatic heterocycles. The van der Waals surface area contributed by atoms with Gasteiger partial charge >= 0.3 is 6.18 Å². The Hall–Kier alpha value is -3.29. The molecule has 0 amide bonds. The predicted molar refractivity (Wildman–Crippen MR) is 126 cm³/mol. The van der Waals surface area contributed by atoms with Crippen LogP contribution >= 0.6 is 11.3 Å². The topological polar surface area (TPSA) is 90.1 Å². The van der Waals surface area contributed by atoms with Gasteiger partial charge in [-0.05, 0) is 49.4 Å². The van der Waals surface area contributed by atoms with Crippen molar-refractivity contribution in [3.05, 3.63) is 63.6 Å². The van der Waals surface area contributed by atoms with Gasteiger partial charge in [0.2, 0.25) is 5.82 Å². The summed E-state index contributed by atoms with van der Waals surface area (Å²) < 4.78 is 40.8. The van der Waals surface area contributed by atoms with Crippen LogP contribution in [-0.2, 0) is 24.0 Å². The predicted octanol–water partition coefficient (Wildman–Crippen LogP) is 5.15. The molecule has 0 aliphatic carbocycles. The Morgan fingerprint density at radius 2 is 2.00 bits per heavy atom. The molecular weight excluding hydrogens is 477 g/mol. The number of hydrogen-bond acceptors (Lipinski definition) is 7. The van der Waals surface area contributed by atoms with Crippen LogP contribution in [0.4, 0.5) is 19.0 Å². The van der Waals surface area contributed by atoms with Gasteiger partial charge < -0.3 is 10.0 Å². The fourth-order valence-electron chi connectivity index (χ4n) is 4.21. The highest BCUT2D eigenvalue weighted by Crippen LogP contribution is 2.34. The van der Waals surface area contributed by atoms with Crippen LogP contribution in [0.15, 0.2) is 41.8 Å². The summed E-state index contributed by atoms with van der Waals surface area (Å²) in [6.07, 6.45) is -1.91. The molecule has 1 aliphatic rings. The Morgan fingerprint density at radius 3 is 2.66 bits per heavy atom. The maximum Gasteiger partial charge on any atom is 0.451 e. The van der Waals surface area contributed by atoms with E-state index in [2.05, 4.69) is 16.0 Å². The van der Waals surface area contributed by atoms with E-state index in [0.717, 1.165) is 5.56 Å². The highest BCUT2D eigenvalue weighted by molar-refractivity contribution is 7.10. The smallest absolute Gasteiger partial charge is 0.391 e. The molecule has 3 aromatic rings. The lowest BCUT2D eigenvalue weighted by molar-refractivity contribution is -0.144. The SMILES string of the molecule is N#Cc1ccc(CCCC(=O)[C@@H]2CCCN2c2cc(-c3csc(CO)c3)nc(C(F)(F)F)n2)cc1. The van der Waals surface area contributed by atoms with Crippen LogP contribution in [-0.4, -0.2) is 33.4 Å². The van der Waals surface area contributed by atoms with Crippen LogP contribution in [0.1, 0.15) is 47.5 Å². The van der Waals surface area contributed by atoms with E-state index in [1.165, 1.54) is 17.4 Å². The molecule has 1 atom stereocenters. The minimum absolute atomic E-state index is 0.0250. The first-order valence-electron chi connectivity index (χ1n) is 11.2. The Bertz CT molecular complexity index is 1230. The van der Waals surface area contributed by atoms with Crippen LogP contribution in [0.3, 0.4) is 0 Å². The number of carbonyl (C=O) groups is 1. The number of anilines is 1. The van der Waals surface area contributed by atoms with E-state index >= 15 is 0 Å². The van der Waals surface area contributed by atoms with Gasteiger partial charge in [-0.2, -0.15) is 18.4 Å². The molecule has 1 saturated heterocycles. The number of nitriles is 1. The number of ketones is 1. The maximum atomic E-state index is 13.6. The van der Waals surface area contributed by atoms with Crippen molar-refractivity contribution in [2.75, 3.05) is 11.4 Å². The van der Waals surface area contributed by atoms with Crippen molar-refractivity contribution in [3.63, 3.8) is 0 Å². The highest BCUT2D eigenvalue weighted by atomic mass is 32.1. The Balaban J connectivity index is 1.51. The first-order valence-corrected chi connectivity index (χ1v) is 12.1. The summed E-state index contributed by atoms with van der Waals surface area (Å²) in [5.41, 5.74) is 2.17. The van der Waals surface area contributed by atoms with Gasteiger partial charge in [0.1, 0.15) is 5.82 Å². The summed E-state index contributed by atoms with van der Waals surface area (Å²) >= 11 is 1.24. The van der Waals surface area contributed by atoms with Gasteiger partial charge in [0.15, 0.2) is 5.78 Å². The van der Waals surface area contributed by atoms with Gasteiger partial charge in [0, 0.05) is 34.9 Å². The number of aryl methyl sites for hydroxylation is 1. The third-order valence-electron chi connectivity index (χ3n) is 5.96. The molecule has 0 radical (unpaired) electrons. The average Bonchev–Trinajstić information content (AvgIpc) is 3.54. The van der Waals surface area contributed by atoms with E-state index in [-0.39, 0.29) is 23.9 Å². The maximum absolute atomic E-state index is 13.6. The molecule has 6 nitrogen and oxygen atoms in total. The largest absolute Gasteiger partial charge is 0.451 e. The van der Waals surface area contributed by atoms with Crippen LogP contribution in [0.5, 0.6) is 0 Å². The van der Waals surface area contributed by atoms with Crippen LogP contribution in [0.25, 0.3) is 11.3 Å². The minimum Gasteiger partial charge on any atom is -0.391 e. The van der Waals surface area contributed by atoms with Crippen molar-refractivity contribution in [1.29, 1.82) is 5.26 Å². The Labute approximate surface area is 204 Å². The van der Waals surface area contributed by atoms with Gasteiger partial charge in [-0.1, -0.05) is 12.1 Å². The lowest BCUT2D eigenvalue weighted by Crippen LogP contribution is -2.37. The number of aromatic nitrogens is 2. The van der Waals surface area contributed by atoms with Crippen molar-refractivity contribution in [3.8, 4) is 17.3 Å². The number of thiophene rings is 1. The molecule has 10 heteroatoms. The number of nitrogens with zero attached hydrogens (tertiary/aromatic N) is 4. The van der Waals surface area contributed by atoms with E-state index in [0.29, 0.717) is 54.7 Å². The Kier molecular flexibility index (Phi) is 7.48. The summed E-state index contributed by atoms with van der Waals surface area (Å²) in [7, 11) is 0. The number of rotatable bonds is 8. The van der Waals surface area contributed by atoms with Gasteiger partial charge in [0.25, 0.3) is 0 Å². The Morgan fingerprint density at radius 1 is 1.23 bits per heavy atom. The third-order valence-corrected chi connectivity index (χ3v) is 6.88. The molecule has 0 bridgehead atoms. The molecular formula is C25H23F3N4O2S. The molecule has 3 heterocycles. The quantitative estimate of drug-likeness (QED) is 0.460. The van der Waals surface area contributed by atoms with Crippen molar-refractivity contribution in [2.45, 2.75) is 50.9 Å². The van der Waals surface area contributed by atoms with E-state index in [4.69, 9.17) is 5.26 Å². The fraction of sp³-hybridized carbons (Fsp3) is 0.360. The van der Waals surface area contributed by atoms with Crippen molar-refractivity contribution >= 4 is 22.9 Å². The summed E-state index contributed by atoms with van der Waals surface area (Å²) in [6.45, 7) is 0.227. The molecule has 0 spiro atoms. The number of carbonyl (C=O) groups excluding carboxylic acids is 1. The summed E-state index contributed by atoms with van der Waals surface area (Å²) in [6, 6.07) is 11.8. The zero-order valence-corrected chi connectivity index (χ0v) is 19.6. The standard InChI is InChI=1S/C25H23F3N4O2S/c26-25(27,28)24-30-20(18-11-19(14-33)35-15-18)12-23(31-24)32-10-2-4-21(32)22(34)5-1-3-16-6-8-17(13-29)9-7-16/h6-9,11-12,15,21,33H,1-5,10,14H2/t21-/m0/s1. The third kappa shape index (κ3) is 5.86. The van der Waals surface area contributed by atoms with E-state index < -0.39 is 18.0 Å². The zero-order chi connectivity index (χ0) is 25.0. The number of aliphatic hydroxyl groups excluding tert-OH is 1. The molecule has 0 unspecified atom stereocenters. The monoisotopic (exact) mass is 500 g/mol. The molecule has 0 saturated carbocycles. The zero-order valence-electron chi connectivity index (χ0n) is 18.8. The number of alkyl halides is 3. The summed E-state index contributed by atoms with van der Waals surface area (Å²) in [5, 5.41) is 19.9. The number of benzene rings is 1. The normalized spacial score (nSPS) is 15.9. The van der Waals surface area contributed by atoms with Crippen molar-refractivity contribution in [1.82, 2.24) is 9.97 Å². The minimum atomic E-state index is -4.74. The molecule has 1 fully saturated rings. The summed E-state index contributed by atoms with van der Waals surface area (Å²) in [5.74, 6) is -1.19. The van der Waals surface area contributed by atoms with E-state index in [1.54, 1.807) is 28.5 Å². The van der Waals surface area contributed by atoms with E-state index in [1.807, 2.05) is 12.1 Å².